The van der Waals surface area contributed by atoms with Crippen molar-refractivity contribution in [3.05, 3.63) is 0 Å². The Morgan fingerprint density at radius 1 is 1.50 bits per heavy atom. The predicted octanol–water partition coefficient (Wildman–Crippen LogP) is -1.59. The van der Waals surface area contributed by atoms with Crippen LogP contribution in [0.15, 0.2) is 0 Å². The second-order valence-electron chi connectivity index (χ2n) is 3.28. The first-order valence-corrected chi connectivity index (χ1v) is 5.85. The molecule has 0 fully saturated rings. The van der Waals surface area contributed by atoms with Crippen molar-refractivity contribution in [1.29, 1.82) is 0 Å². The first-order valence-electron chi connectivity index (χ1n) is 4.20. The summed E-state index contributed by atoms with van der Waals surface area (Å²) in [5.41, 5.74) is 5.01. The van der Waals surface area contributed by atoms with Crippen LogP contribution in [-0.2, 0) is 14.8 Å². The summed E-state index contributed by atoms with van der Waals surface area (Å²) in [6.07, 6.45) is 0. The first-order chi connectivity index (χ1) is 6.30. The second-order valence-corrected chi connectivity index (χ2v) is 5.16. The quantitative estimate of drug-likeness (QED) is 0.505. The van der Waals surface area contributed by atoms with Gasteiger partial charge in [0.2, 0.25) is 15.9 Å². The summed E-state index contributed by atoms with van der Waals surface area (Å²) in [5, 5.41) is 8.46. The molecule has 0 aliphatic carbocycles. The monoisotopic (exact) mass is 224 g/mol. The molecule has 0 bridgehead atoms. The molecule has 1 unspecified atom stereocenters. The average Bonchev–Trinajstić information content (AvgIpc) is 1.99. The summed E-state index contributed by atoms with van der Waals surface area (Å²) in [6.45, 7) is 2.87. The Labute approximate surface area is 83.5 Å². The summed E-state index contributed by atoms with van der Waals surface area (Å²) in [5.74, 6) is -1.37. The van der Waals surface area contributed by atoms with Crippen molar-refractivity contribution in [2.75, 3.05) is 12.4 Å². The van der Waals surface area contributed by atoms with E-state index in [9.17, 15) is 13.2 Å². The van der Waals surface area contributed by atoms with E-state index >= 15 is 0 Å². The lowest BCUT2D eigenvalue weighted by Gasteiger charge is -2.18. The fraction of sp³-hybridized carbons (Fsp3) is 0.857. The standard InChI is InChI=1S/C7H16N2O4S/c1-5(2)6(7(8)11)9-14(12,13)4-3-10/h5-6,9-10H,3-4H2,1-2H3,(H2,8,11). The molecule has 0 spiro atoms. The highest BCUT2D eigenvalue weighted by Crippen LogP contribution is 2.02. The molecule has 1 amide bonds. The first kappa shape index (κ1) is 13.3. The van der Waals surface area contributed by atoms with E-state index in [4.69, 9.17) is 10.8 Å². The summed E-state index contributed by atoms with van der Waals surface area (Å²) >= 11 is 0. The summed E-state index contributed by atoms with van der Waals surface area (Å²) < 4.78 is 24.5. The van der Waals surface area contributed by atoms with E-state index in [1.54, 1.807) is 13.8 Å². The molecule has 4 N–H and O–H groups in total. The van der Waals surface area contributed by atoms with Crippen molar-refractivity contribution in [3.63, 3.8) is 0 Å². The van der Waals surface area contributed by atoms with Gasteiger partial charge in [0.25, 0.3) is 0 Å². The Kier molecular flexibility index (Phi) is 5.03. The van der Waals surface area contributed by atoms with Gasteiger partial charge in [0, 0.05) is 0 Å². The number of hydrogen-bond acceptors (Lipinski definition) is 4. The van der Waals surface area contributed by atoms with E-state index < -0.39 is 34.3 Å². The van der Waals surface area contributed by atoms with Crippen molar-refractivity contribution >= 4 is 15.9 Å². The van der Waals surface area contributed by atoms with Gasteiger partial charge in [-0.05, 0) is 5.92 Å². The van der Waals surface area contributed by atoms with Crippen molar-refractivity contribution < 1.29 is 18.3 Å². The van der Waals surface area contributed by atoms with E-state index in [0.29, 0.717) is 0 Å². The molecule has 6 nitrogen and oxygen atoms in total. The van der Waals surface area contributed by atoms with E-state index in [1.807, 2.05) is 0 Å². The molecule has 14 heavy (non-hydrogen) atoms. The van der Waals surface area contributed by atoms with Crippen LogP contribution in [0.25, 0.3) is 0 Å². The molecule has 0 rings (SSSR count). The number of nitrogens with two attached hydrogens (primary N) is 1. The molecule has 84 valence electrons. The molecule has 0 heterocycles. The lowest BCUT2D eigenvalue weighted by molar-refractivity contribution is -0.120. The van der Waals surface area contributed by atoms with Crippen LogP contribution in [0.3, 0.4) is 0 Å². The smallest absolute Gasteiger partial charge is 0.235 e. The van der Waals surface area contributed by atoms with Gasteiger partial charge < -0.3 is 10.8 Å². The molecule has 0 aromatic heterocycles. The van der Waals surface area contributed by atoms with Crippen LogP contribution in [0.5, 0.6) is 0 Å². The van der Waals surface area contributed by atoms with Crippen LogP contribution < -0.4 is 10.5 Å². The van der Waals surface area contributed by atoms with Gasteiger partial charge in [-0.3, -0.25) is 4.79 Å². The van der Waals surface area contributed by atoms with Crippen LogP contribution in [0.1, 0.15) is 13.8 Å². The largest absolute Gasteiger partial charge is 0.395 e. The zero-order valence-electron chi connectivity index (χ0n) is 8.23. The van der Waals surface area contributed by atoms with Crippen molar-refractivity contribution in [3.8, 4) is 0 Å². The minimum Gasteiger partial charge on any atom is -0.395 e. The fourth-order valence-electron chi connectivity index (χ4n) is 0.895. The van der Waals surface area contributed by atoms with Crippen LogP contribution in [0, 0.1) is 5.92 Å². The maximum atomic E-state index is 11.2. The highest BCUT2D eigenvalue weighted by molar-refractivity contribution is 7.89. The molecular weight excluding hydrogens is 208 g/mol. The van der Waals surface area contributed by atoms with E-state index in [1.165, 1.54) is 0 Å². The Hall–Kier alpha value is -0.660. The molecule has 0 saturated heterocycles. The minimum atomic E-state index is -3.62. The van der Waals surface area contributed by atoms with Crippen LogP contribution in [0.4, 0.5) is 0 Å². The lowest BCUT2D eigenvalue weighted by atomic mass is 10.1. The zero-order chi connectivity index (χ0) is 11.4. The molecule has 0 aliphatic heterocycles. The number of carbonyl (C=O) groups excluding carboxylic acids is 1. The third kappa shape index (κ3) is 4.54. The van der Waals surface area contributed by atoms with Crippen molar-refractivity contribution in [2.24, 2.45) is 11.7 Å². The minimum absolute atomic E-state index is 0.221. The van der Waals surface area contributed by atoms with Gasteiger partial charge in [-0.25, -0.2) is 13.1 Å². The Morgan fingerprint density at radius 2 is 2.00 bits per heavy atom. The molecule has 0 radical (unpaired) electrons. The molecule has 0 saturated carbocycles. The Bertz CT molecular complexity index is 286. The number of aliphatic hydroxyl groups is 1. The van der Waals surface area contributed by atoms with Crippen molar-refractivity contribution in [2.45, 2.75) is 19.9 Å². The summed E-state index contributed by atoms with van der Waals surface area (Å²) in [6, 6.07) is -0.924. The van der Waals surface area contributed by atoms with E-state index in [0.717, 1.165) is 0 Å². The molecule has 0 aromatic rings. The number of primary amides is 1. The highest BCUT2D eigenvalue weighted by Gasteiger charge is 2.24. The molecule has 0 aromatic carbocycles. The Morgan fingerprint density at radius 3 is 2.29 bits per heavy atom. The van der Waals surface area contributed by atoms with Gasteiger partial charge in [0.1, 0.15) is 6.04 Å². The van der Waals surface area contributed by atoms with Crippen LogP contribution >= 0.6 is 0 Å². The van der Waals surface area contributed by atoms with Crippen molar-refractivity contribution in [1.82, 2.24) is 4.72 Å². The number of amides is 1. The number of hydrogen-bond donors (Lipinski definition) is 3. The van der Waals surface area contributed by atoms with Gasteiger partial charge >= 0.3 is 0 Å². The maximum Gasteiger partial charge on any atom is 0.235 e. The highest BCUT2D eigenvalue weighted by atomic mass is 32.2. The normalized spacial score (nSPS) is 14.3. The van der Waals surface area contributed by atoms with Crippen LogP contribution in [-0.4, -0.2) is 37.8 Å². The number of carbonyl (C=O) groups is 1. The zero-order valence-corrected chi connectivity index (χ0v) is 9.04. The van der Waals surface area contributed by atoms with Gasteiger partial charge in [-0.2, -0.15) is 0 Å². The molecular formula is C7H16N2O4S. The molecule has 7 heteroatoms. The Balaban J connectivity index is 4.53. The topological polar surface area (TPSA) is 109 Å². The molecule has 1 atom stereocenters. The number of aliphatic hydroxyl groups excluding tert-OH is 1. The van der Waals surface area contributed by atoms with Gasteiger partial charge in [-0.15, -0.1) is 0 Å². The van der Waals surface area contributed by atoms with Crippen LogP contribution in [0.2, 0.25) is 0 Å². The van der Waals surface area contributed by atoms with Gasteiger partial charge in [-0.1, -0.05) is 13.8 Å². The lowest BCUT2D eigenvalue weighted by Crippen LogP contribution is -2.48. The summed E-state index contributed by atoms with van der Waals surface area (Å²) in [4.78, 5) is 10.9. The van der Waals surface area contributed by atoms with E-state index in [-0.39, 0.29) is 5.92 Å². The average molecular weight is 224 g/mol. The third-order valence-electron chi connectivity index (χ3n) is 1.64. The van der Waals surface area contributed by atoms with E-state index in [2.05, 4.69) is 4.72 Å². The number of rotatable bonds is 6. The fourth-order valence-corrected chi connectivity index (χ4v) is 2.03. The maximum absolute atomic E-state index is 11.2. The summed E-state index contributed by atoms with van der Waals surface area (Å²) in [7, 11) is -3.62. The predicted molar refractivity (Wildman–Crippen MR) is 51.8 cm³/mol. The van der Waals surface area contributed by atoms with Gasteiger partial charge in [0.05, 0.1) is 12.4 Å². The molecule has 0 aliphatic rings. The number of nitrogens with one attached hydrogen (secondary N) is 1. The second kappa shape index (κ2) is 5.28. The SMILES string of the molecule is CC(C)C(NS(=O)(=O)CCO)C(N)=O. The number of sulfonamides is 1. The van der Waals surface area contributed by atoms with Gasteiger partial charge in [0.15, 0.2) is 0 Å². The third-order valence-corrected chi connectivity index (χ3v) is 2.97.